The summed E-state index contributed by atoms with van der Waals surface area (Å²) in [6.07, 6.45) is -1.28. The number of anilines is 2. The van der Waals surface area contributed by atoms with Crippen LogP contribution in [0, 0.1) is 0 Å². The molecule has 13 heavy (non-hydrogen) atoms. The van der Waals surface area contributed by atoms with Crippen LogP contribution in [-0.4, -0.2) is 15.0 Å². The van der Waals surface area contributed by atoms with Gasteiger partial charge in [-0.05, 0) is 6.92 Å². The van der Waals surface area contributed by atoms with Crippen LogP contribution in [-0.2, 0) is 0 Å². The van der Waals surface area contributed by atoms with Gasteiger partial charge in [0.1, 0.15) is 0 Å². The van der Waals surface area contributed by atoms with Crippen LogP contribution < -0.4 is 11.5 Å². The van der Waals surface area contributed by atoms with Crippen molar-refractivity contribution in [2.45, 2.75) is 26.9 Å². The van der Waals surface area contributed by atoms with Crippen molar-refractivity contribution in [2.75, 3.05) is 11.5 Å². The van der Waals surface area contributed by atoms with Crippen molar-refractivity contribution in [1.29, 1.82) is 0 Å². The van der Waals surface area contributed by atoms with E-state index in [9.17, 15) is 4.39 Å². The molecule has 1 heterocycles. The Bertz CT molecular complexity index is 243. The fourth-order valence-corrected chi connectivity index (χ4v) is 0.605. The van der Waals surface area contributed by atoms with E-state index in [0.717, 1.165) is 0 Å². The number of alkyl halides is 1. The average molecular weight is 187 g/mol. The van der Waals surface area contributed by atoms with Crippen molar-refractivity contribution < 1.29 is 4.39 Å². The number of aromatic nitrogens is 3. The summed E-state index contributed by atoms with van der Waals surface area (Å²) in [5, 5.41) is 0. The molecule has 1 unspecified atom stereocenters. The maximum Gasteiger partial charge on any atom is 0.225 e. The van der Waals surface area contributed by atoms with Crippen LogP contribution in [0.5, 0.6) is 0 Å². The molecular weight excluding hydrogens is 173 g/mol. The van der Waals surface area contributed by atoms with Crippen molar-refractivity contribution >= 4 is 11.9 Å². The summed E-state index contributed by atoms with van der Waals surface area (Å²) < 4.78 is 12.5. The van der Waals surface area contributed by atoms with Crippen molar-refractivity contribution in [3.05, 3.63) is 5.82 Å². The van der Waals surface area contributed by atoms with E-state index < -0.39 is 6.17 Å². The Kier molecular flexibility index (Phi) is 4.64. The van der Waals surface area contributed by atoms with Gasteiger partial charge in [-0.2, -0.15) is 15.0 Å². The predicted molar refractivity (Wildman–Crippen MR) is 49.5 cm³/mol. The first-order valence-electron chi connectivity index (χ1n) is 4.00. The third kappa shape index (κ3) is 3.64. The molecule has 0 saturated heterocycles. The van der Waals surface area contributed by atoms with Gasteiger partial charge in [-0.25, -0.2) is 4.39 Å². The molecule has 0 aliphatic rings. The SMILES string of the molecule is CC.CC(F)c1nc(N)nc(N)n1. The zero-order chi connectivity index (χ0) is 10.4. The van der Waals surface area contributed by atoms with E-state index in [4.69, 9.17) is 11.5 Å². The molecule has 1 aromatic heterocycles. The normalized spacial score (nSPS) is 11.4. The molecule has 1 atom stereocenters. The minimum atomic E-state index is -1.28. The highest BCUT2D eigenvalue weighted by Gasteiger charge is 2.08. The number of nitrogens with two attached hydrogens (primary N) is 2. The lowest BCUT2D eigenvalue weighted by molar-refractivity contribution is 0.356. The average Bonchev–Trinajstić information content (AvgIpc) is 2.06. The monoisotopic (exact) mass is 187 g/mol. The van der Waals surface area contributed by atoms with Crippen molar-refractivity contribution in [3.8, 4) is 0 Å². The summed E-state index contributed by atoms with van der Waals surface area (Å²) in [4.78, 5) is 10.6. The van der Waals surface area contributed by atoms with Crippen LogP contribution >= 0.6 is 0 Å². The summed E-state index contributed by atoms with van der Waals surface area (Å²) in [5.41, 5.74) is 10.4. The van der Waals surface area contributed by atoms with Crippen LogP contribution in [0.25, 0.3) is 0 Å². The summed E-state index contributed by atoms with van der Waals surface area (Å²) in [5.74, 6) is -0.149. The number of rotatable bonds is 1. The minimum Gasteiger partial charge on any atom is -0.368 e. The first-order chi connectivity index (χ1) is 6.09. The summed E-state index contributed by atoms with van der Waals surface area (Å²) in [6, 6.07) is 0. The van der Waals surface area contributed by atoms with Gasteiger partial charge >= 0.3 is 0 Å². The molecule has 1 rings (SSSR count). The van der Waals surface area contributed by atoms with Crippen molar-refractivity contribution in [1.82, 2.24) is 15.0 Å². The molecule has 0 aliphatic carbocycles. The van der Waals surface area contributed by atoms with Gasteiger partial charge in [0.15, 0.2) is 12.0 Å². The molecular formula is C7H14FN5. The van der Waals surface area contributed by atoms with E-state index >= 15 is 0 Å². The predicted octanol–water partition coefficient (Wildman–Crippen LogP) is 1.09. The molecule has 0 fully saturated rings. The molecule has 74 valence electrons. The highest BCUT2D eigenvalue weighted by Crippen LogP contribution is 2.11. The number of nitrogen functional groups attached to an aromatic ring is 2. The highest BCUT2D eigenvalue weighted by molar-refractivity contribution is 5.26. The van der Waals surface area contributed by atoms with Crippen LogP contribution in [0.15, 0.2) is 0 Å². The lowest BCUT2D eigenvalue weighted by atomic mass is 10.4. The van der Waals surface area contributed by atoms with E-state index in [1.165, 1.54) is 6.92 Å². The second-order valence-electron chi connectivity index (χ2n) is 2.03. The zero-order valence-corrected chi connectivity index (χ0v) is 7.95. The van der Waals surface area contributed by atoms with Gasteiger partial charge in [0.05, 0.1) is 0 Å². The second-order valence-corrected chi connectivity index (χ2v) is 2.03. The Morgan fingerprint density at radius 3 is 1.77 bits per heavy atom. The second kappa shape index (κ2) is 5.23. The van der Waals surface area contributed by atoms with E-state index in [1.807, 2.05) is 13.8 Å². The first-order valence-corrected chi connectivity index (χ1v) is 4.00. The number of nitrogens with zero attached hydrogens (tertiary/aromatic N) is 3. The first kappa shape index (κ1) is 11.5. The lowest BCUT2D eigenvalue weighted by Gasteiger charge is -2.00. The molecule has 0 bridgehead atoms. The van der Waals surface area contributed by atoms with E-state index in [2.05, 4.69) is 15.0 Å². The summed E-state index contributed by atoms with van der Waals surface area (Å²) in [6.45, 7) is 5.30. The van der Waals surface area contributed by atoms with Crippen LogP contribution in [0.4, 0.5) is 16.3 Å². The van der Waals surface area contributed by atoms with Crippen LogP contribution in [0.1, 0.15) is 32.8 Å². The minimum absolute atomic E-state index is 0.0324. The highest BCUT2D eigenvalue weighted by atomic mass is 19.1. The Morgan fingerprint density at radius 2 is 1.46 bits per heavy atom. The summed E-state index contributed by atoms with van der Waals surface area (Å²) >= 11 is 0. The fourth-order valence-electron chi connectivity index (χ4n) is 0.605. The number of halogens is 1. The van der Waals surface area contributed by atoms with Gasteiger partial charge in [-0.3, -0.25) is 0 Å². The maximum atomic E-state index is 12.5. The fraction of sp³-hybridized carbons (Fsp3) is 0.571. The Hall–Kier alpha value is -1.46. The maximum absolute atomic E-state index is 12.5. The van der Waals surface area contributed by atoms with Gasteiger partial charge < -0.3 is 11.5 Å². The lowest BCUT2D eigenvalue weighted by Crippen LogP contribution is -2.07. The molecule has 0 aromatic carbocycles. The molecule has 0 radical (unpaired) electrons. The van der Waals surface area contributed by atoms with Crippen molar-refractivity contribution in [3.63, 3.8) is 0 Å². The van der Waals surface area contributed by atoms with Gasteiger partial charge in [0.25, 0.3) is 0 Å². The third-order valence-electron chi connectivity index (χ3n) is 1.04. The molecule has 4 N–H and O–H groups in total. The Morgan fingerprint density at radius 1 is 1.08 bits per heavy atom. The molecule has 0 spiro atoms. The van der Waals surface area contributed by atoms with Crippen LogP contribution in [0.3, 0.4) is 0 Å². The van der Waals surface area contributed by atoms with Gasteiger partial charge in [-0.1, -0.05) is 13.8 Å². The topological polar surface area (TPSA) is 90.7 Å². The molecule has 6 heteroatoms. The molecule has 0 aliphatic heterocycles. The van der Waals surface area contributed by atoms with Gasteiger partial charge in [0, 0.05) is 0 Å². The molecule has 0 amide bonds. The number of hydrogen-bond acceptors (Lipinski definition) is 5. The standard InChI is InChI=1S/C5H8FN5.C2H6/c1-2(6)3-9-4(7)11-5(8)10-3;1-2/h2H,1H3,(H4,7,8,9,10,11);1-2H3. The molecule has 5 nitrogen and oxygen atoms in total. The van der Waals surface area contributed by atoms with E-state index in [1.54, 1.807) is 0 Å². The number of hydrogen-bond donors (Lipinski definition) is 2. The molecule has 1 aromatic rings. The van der Waals surface area contributed by atoms with Crippen molar-refractivity contribution in [2.24, 2.45) is 0 Å². The molecule has 0 saturated carbocycles. The van der Waals surface area contributed by atoms with E-state index in [0.29, 0.717) is 0 Å². The largest absolute Gasteiger partial charge is 0.368 e. The Balaban J connectivity index is 0.000000671. The quantitative estimate of drug-likeness (QED) is 0.686. The zero-order valence-electron chi connectivity index (χ0n) is 7.95. The van der Waals surface area contributed by atoms with Gasteiger partial charge in [-0.15, -0.1) is 0 Å². The van der Waals surface area contributed by atoms with Gasteiger partial charge in [0.2, 0.25) is 11.9 Å². The van der Waals surface area contributed by atoms with Crippen LogP contribution in [0.2, 0.25) is 0 Å². The third-order valence-corrected chi connectivity index (χ3v) is 1.04. The van der Waals surface area contributed by atoms with E-state index in [-0.39, 0.29) is 17.7 Å². The summed E-state index contributed by atoms with van der Waals surface area (Å²) in [7, 11) is 0. The smallest absolute Gasteiger partial charge is 0.225 e. The Labute approximate surface area is 76.4 Å².